The van der Waals surface area contributed by atoms with Gasteiger partial charge in [0.05, 0.1) is 6.20 Å². The van der Waals surface area contributed by atoms with Crippen molar-refractivity contribution in [1.29, 1.82) is 0 Å². The van der Waals surface area contributed by atoms with Crippen molar-refractivity contribution in [3.63, 3.8) is 0 Å². The topological polar surface area (TPSA) is 45.5 Å². The van der Waals surface area contributed by atoms with E-state index in [1.54, 1.807) is 0 Å². The minimum atomic E-state index is 0. The maximum atomic E-state index is 4.62. The SMILES string of the molecule is CN=C(NCC1(c2cccc(C)c2)CCCC1)N1CCC(c2cnn(C)c2)C1.I. The average molecular weight is 507 g/mol. The van der Waals surface area contributed by atoms with Gasteiger partial charge >= 0.3 is 0 Å². The highest BCUT2D eigenvalue weighted by molar-refractivity contribution is 14.0. The number of nitrogens with zero attached hydrogens (tertiary/aromatic N) is 4. The van der Waals surface area contributed by atoms with Gasteiger partial charge in [-0.3, -0.25) is 9.67 Å². The lowest BCUT2D eigenvalue weighted by molar-refractivity contribution is 0.412. The third kappa shape index (κ3) is 4.78. The summed E-state index contributed by atoms with van der Waals surface area (Å²) in [5.41, 5.74) is 4.42. The zero-order valence-corrected chi connectivity index (χ0v) is 20.2. The molecule has 0 bridgehead atoms. The van der Waals surface area contributed by atoms with Gasteiger partial charge in [0, 0.05) is 51.3 Å². The van der Waals surface area contributed by atoms with Crippen LogP contribution in [-0.2, 0) is 12.5 Å². The smallest absolute Gasteiger partial charge is 0.193 e. The van der Waals surface area contributed by atoms with Crippen LogP contribution < -0.4 is 5.32 Å². The molecular formula is C23H34IN5. The molecule has 1 aromatic carbocycles. The maximum Gasteiger partial charge on any atom is 0.193 e. The Labute approximate surface area is 192 Å². The molecule has 1 saturated carbocycles. The fraction of sp³-hybridized carbons (Fsp3) is 0.565. The van der Waals surface area contributed by atoms with Crippen molar-refractivity contribution < 1.29 is 0 Å². The van der Waals surface area contributed by atoms with Crippen LogP contribution in [0.15, 0.2) is 41.7 Å². The summed E-state index contributed by atoms with van der Waals surface area (Å²) >= 11 is 0. The molecule has 5 nitrogen and oxygen atoms in total. The molecule has 2 heterocycles. The Morgan fingerprint density at radius 3 is 2.76 bits per heavy atom. The maximum absolute atomic E-state index is 4.62. The number of likely N-dealkylation sites (tertiary alicyclic amines) is 1. The zero-order chi connectivity index (χ0) is 19.6. The lowest BCUT2D eigenvalue weighted by atomic mass is 9.78. The quantitative estimate of drug-likeness (QED) is 0.383. The average Bonchev–Trinajstić information content (AvgIpc) is 3.43. The summed E-state index contributed by atoms with van der Waals surface area (Å²) in [7, 11) is 3.90. The number of aromatic nitrogens is 2. The number of hydrogen-bond donors (Lipinski definition) is 1. The molecule has 0 radical (unpaired) electrons. The lowest BCUT2D eigenvalue weighted by Crippen LogP contribution is -2.46. The van der Waals surface area contributed by atoms with Gasteiger partial charge in [-0.25, -0.2) is 0 Å². The molecule has 1 N–H and O–H groups in total. The van der Waals surface area contributed by atoms with Crippen LogP contribution in [0.25, 0.3) is 0 Å². The van der Waals surface area contributed by atoms with Crippen molar-refractivity contribution in [1.82, 2.24) is 20.0 Å². The largest absolute Gasteiger partial charge is 0.355 e. The number of rotatable bonds is 4. The van der Waals surface area contributed by atoms with Crippen LogP contribution in [0.3, 0.4) is 0 Å². The molecule has 0 amide bonds. The van der Waals surface area contributed by atoms with Crippen LogP contribution in [0.2, 0.25) is 0 Å². The molecule has 1 aliphatic carbocycles. The minimum Gasteiger partial charge on any atom is -0.355 e. The van der Waals surface area contributed by atoms with Crippen LogP contribution in [0.5, 0.6) is 0 Å². The Morgan fingerprint density at radius 2 is 2.10 bits per heavy atom. The van der Waals surface area contributed by atoms with Crippen molar-refractivity contribution in [2.75, 3.05) is 26.7 Å². The Morgan fingerprint density at radius 1 is 1.31 bits per heavy atom. The van der Waals surface area contributed by atoms with E-state index in [2.05, 4.69) is 57.7 Å². The Hall–Kier alpha value is -1.57. The molecule has 1 unspecified atom stereocenters. The fourth-order valence-corrected chi connectivity index (χ4v) is 5.05. The van der Waals surface area contributed by atoms with Gasteiger partial charge in [-0.1, -0.05) is 42.7 Å². The predicted octanol–water partition coefficient (Wildman–Crippen LogP) is 4.22. The predicted molar refractivity (Wildman–Crippen MR) is 130 cm³/mol. The molecule has 2 aromatic rings. The molecule has 2 aliphatic rings. The molecule has 158 valence electrons. The second-order valence-corrected chi connectivity index (χ2v) is 8.64. The molecular weight excluding hydrogens is 473 g/mol. The molecule has 1 aliphatic heterocycles. The van der Waals surface area contributed by atoms with Crippen LogP contribution in [0.4, 0.5) is 0 Å². The van der Waals surface area contributed by atoms with Gasteiger partial charge in [0.15, 0.2) is 5.96 Å². The Balaban J connectivity index is 0.00000240. The van der Waals surface area contributed by atoms with Gasteiger partial charge in [-0.05, 0) is 37.3 Å². The normalized spacial score (nSPS) is 21.3. The number of benzene rings is 1. The number of aryl methyl sites for hydroxylation is 2. The van der Waals surface area contributed by atoms with E-state index in [0.717, 1.165) is 32.0 Å². The summed E-state index contributed by atoms with van der Waals surface area (Å²) in [6, 6.07) is 9.10. The Kier molecular flexibility index (Phi) is 7.24. The van der Waals surface area contributed by atoms with Gasteiger partial charge in [-0.15, -0.1) is 24.0 Å². The lowest BCUT2D eigenvalue weighted by Gasteiger charge is -2.32. The van der Waals surface area contributed by atoms with Gasteiger partial charge in [0.2, 0.25) is 0 Å². The summed E-state index contributed by atoms with van der Waals surface area (Å²) in [6.07, 6.45) is 10.5. The van der Waals surface area contributed by atoms with Gasteiger partial charge in [0.1, 0.15) is 0 Å². The minimum absolute atomic E-state index is 0. The Bertz CT molecular complexity index is 837. The number of halogens is 1. The highest BCUT2D eigenvalue weighted by Crippen LogP contribution is 2.41. The standard InChI is InChI=1S/C23H33N5.HI/c1-18-7-6-8-21(13-18)23(10-4-5-11-23)17-25-22(24-2)28-12-9-19(16-28)20-14-26-27(3)15-20;/h6-8,13-15,19H,4-5,9-12,16-17H2,1-3H3,(H,24,25);1H. The first kappa shape index (κ1) is 22.1. The van der Waals surface area contributed by atoms with Crippen molar-refractivity contribution >= 4 is 29.9 Å². The fourth-order valence-electron chi connectivity index (χ4n) is 5.05. The monoisotopic (exact) mass is 507 g/mol. The van der Waals surface area contributed by atoms with Crippen LogP contribution in [-0.4, -0.2) is 47.3 Å². The molecule has 6 heteroatoms. The summed E-state index contributed by atoms with van der Waals surface area (Å²) in [6.45, 7) is 5.23. The first-order valence-corrected chi connectivity index (χ1v) is 10.6. The molecule has 1 aromatic heterocycles. The summed E-state index contributed by atoms with van der Waals surface area (Å²) in [4.78, 5) is 7.03. The van der Waals surface area contributed by atoms with Gasteiger partial charge in [-0.2, -0.15) is 5.10 Å². The van der Waals surface area contributed by atoms with Crippen molar-refractivity contribution in [3.8, 4) is 0 Å². The summed E-state index contributed by atoms with van der Waals surface area (Å²) < 4.78 is 1.90. The van der Waals surface area contributed by atoms with E-state index in [-0.39, 0.29) is 29.4 Å². The number of aliphatic imine (C=N–C) groups is 1. The van der Waals surface area contributed by atoms with Gasteiger partial charge < -0.3 is 10.2 Å². The number of guanidine groups is 1. The summed E-state index contributed by atoms with van der Waals surface area (Å²) in [5, 5.41) is 8.09. The van der Waals surface area contributed by atoms with E-state index < -0.39 is 0 Å². The van der Waals surface area contributed by atoms with E-state index in [0.29, 0.717) is 5.92 Å². The first-order valence-electron chi connectivity index (χ1n) is 10.6. The number of hydrogen-bond acceptors (Lipinski definition) is 2. The second kappa shape index (κ2) is 9.49. The zero-order valence-electron chi connectivity index (χ0n) is 17.9. The third-order valence-corrected chi connectivity index (χ3v) is 6.67. The van der Waals surface area contributed by atoms with E-state index in [9.17, 15) is 0 Å². The molecule has 4 rings (SSSR count). The van der Waals surface area contributed by atoms with E-state index in [1.807, 2.05) is 25.0 Å². The van der Waals surface area contributed by atoms with Crippen LogP contribution in [0, 0.1) is 6.92 Å². The van der Waals surface area contributed by atoms with E-state index in [1.165, 1.54) is 42.4 Å². The second-order valence-electron chi connectivity index (χ2n) is 8.64. The number of nitrogens with one attached hydrogen (secondary N) is 1. The third-order valence-electron chi connectivity index (χ3n) is 6.67. The summed E-state index contributed by atoms with van der Waals surface area (Å²) in [5.74, 6) is 1.59. The molecule has 2 fully saturated rings. The van der Waals surface area contributed by atoms with Crippen molar-refractivity contribution in [2.24, 2.45) is 12.0 Å². The van der Waals surface area contributed by atoms with Gasteiger partial charge in [0.25, 0.3) is 0 Å². The van der Waals surface area contributed by atoms with E-state index >= 15 is 0 Å². The van der Waals surface area contributed by atoms with Crippen molar-refractivity contribution in [2.45, 2.75) is 50.4 Å². The van der Waals surface area contributed by atoms with E-state index in [4.69, 9.17) is 0 Å². The molecule has 29 heavy (non-hydrogen) atoms. The molecule has 0 spiro atoms. The van der Waals surface area contributed by atoms with Crippen molar-refractivity contribution in [3.05, 3.63) is 53.3 Å². The van der Waals surface area contributed by atoms with Crippen LogP contribution >= 0.6 is 24.0 Å². The highest BCUT2D eigenvalue weighted by atomic mass is 127. The molecule has 1 atom stereocenters. The highest BCUT2D eigenvalue weighted by Gasteiger charge is 2.36. The van der Waals surface area contributed by atoms with Crippen LogP contribution in [0.1, 0.15) is 54.7 Å². The molecule has 1 saturated heterocycles. The first-order chi connectivity index (χ1) is 13.6.